The van der Waals surface area contributed by atoms with Crippen LogP contribution in [0.2, 0.25) is 0 Å². The van der Waals surface area contributed by atoms with Gasteiger partial charge in [0.1, 0.15) is 0 Å². The Hall–Kier alpha value is -2.62. The number of aryl methyl sites for hydroxylation is 1. The largest absolute Gasteiger partial charge is 0.322 e. The van der Waals surface area contributed by atoms with Crippen LogP contribution in [-0.2, 0) is 0 Å². The number of urea groups is 1. The Morgan fingerprint density at radius 2 is 1.92 bits per heavy atom. The summed E-state index contributed by atoms with van der Waals surface area (Å²) in [5.41, 5.74) is 5.49. The third kappa shape index (κ3) is 4.27. The zero-order valence-corrected chi connectivity index (χ0v) is 15.1. The van der Waals surface area contributed by atoms with Crippen molar-refractivity contribution in [2.24, 2.45) is 0 Å². The van der Waals surface area contributed by atoms with E-state index in [1.807, 2.05) is 36.2 Å². The van der Waals surface area contributed by atoms with Gasteiger partial charge in [0.25, 0.3) is 0 Å². The van der Waals surface area contributed by atoms with E-state index in [0.717, 1.165) is 23.4 Å². The summed E-state index contributed by atoms with van der Waals surface area (Å²) in [7, 11) is 0. The number of hydrogen-bond donors (Lipinski definition) is 1. The van der Waals surface area contributed by atoms with Crippen molar-refractivity contribution in [3.8, 4) is 0 Å². The zero-order chi connectivity index (χ0) is 17.8. The molecule has 0 unspecified atom stereocenters. The first-order chi connectivity index (χ1) is 12.0. The van der Waals surface area contributed by atoms with Gasteiger partial charge < -0.3 is 10.2 Å². The highest BCUT2D eigenvalue weighted by Crippen LogP contribution is 2.22. The molecule has 1 aliphatic heterocycles. The maximum atomic E-state index is 12.4. The summed E-state index contributed by atoms with van der Waals surface area (Å²) in [6.07, 6.45) is 4.81. The minimum atomic E-state index is -0.0514. The summed E-state index contributed by atoms with van der Waals surface area (Å²) in [4.78, 5) is 18.7. The van der Waals surface area contributed by atoms with Gasteiger partial charge in [0.15, 0.2) is 0 Å². The van der Waals surface area contributed by atoms with Gasteiger partial charge >= 0.3 is 6.03 Å². The number of rotatable bonds is 3. The monoisotopic (exact) mass is 335 g/mol. The Morgan fingerprint density at radius 1 is 1.16 bits per heavy atom. The fraction of sp³-hybridized carbons (Fsp3) is 0.333. The first kappa shape index (κ1) is 17.2. The first-order valence-electron chi connectivity index (χ1n) is 8.81. The van der Waals surface area contributed by atoms with Crippen molar-refractivity contribution < 1.29 is 4.79 Å². The quantitative estimate of drug-likeness (QED) is 0.873. The molecule has 1 N–H and O–H groups in total. The van der Waals surface area contributed by atoms with Gasteiger partial charge in [-0.3, -0.25) is 4.98 Å². The fourth-order valence-electron chi connectivity index (χ4n) is 2.90. The molecule has 1 aromatic carbocycles. The van der Waals surface area contributed by atoms with E-state index in [1.54, 1.807) is 0 Å². The lowest BCUT2D eigenvalue weighted by molar-refractivity contribution is 0.217. The molecule has 0 saturated heterocycles. The Balaban J connectivity index is 1.60. The van der Waals surface area contributed by atoms with Gasteiger partial charge in [-0.05, 0) is 54.2 Å². The second-order valence-corrected chi connectivity index (χ2v) is 6.85. The lowest BCUT2D eigenvalue weighted by Gasteiger charge is -2.26. The summed E-state index contributed by atoms with van der Waals surface area (Å²) in [5, 5.41) is 2.98. The van der Waals surface area contributed by atoms with Crippen LogP contribution in [-0.4, -0.2) is 29.0 Å². The van der Waals surface area contributed by atoms with E-state index in [4.69, 9.17) is 0 Å². The molecule has 0 atom stereocenters. The Labute approximate surface area is 149 Å². The van der Waals surface area contributed by atoms with Crippen molar-refractivity contribution in [1.82, 2.24) is 9.88 Å². The van der Waals surface area contributed by atoms with Crippen LogP contribution >= 0.6 is 0 Å². The van der Waals surface area contributed by atoms with Crippen LogP contribution in [0, 0.1) is 6.92 Å². The van der Waals surface area contributed by atoms with Gasteiger partial charge in [0, 0.05) is 25.0 Å². The van der Waals surface area contributed by atoms with Crippen LogP contribution in [0.5, 0.6) is 0 Å². The van der Waals surface area contributed by atoms with Crippen LogP contribution in [0.3, 0.4) is 0 Å². The molecule has 2 aromatic rings. The van der Waals surface area contributed by atoms with E-state index in [2.05, 4.69) is 48.4 Å². The molecular formula is C21H25N3O. The van der Waals surface area contributed by atoms with E-state index in [-0.39, 0.29) is 6.03 Å². The van der Waals surface area contributed by atoms with Gasteiger partial charge in [-0.15, -0.1) is 0 Å². The summed E-state index contributed by atoms with van der Waals surface area (Å²) in [5.74, 6) is 0.491. The molecule has 1 aromatic heterocycles. The molecule has 25 heavy (non-hydrogen) atoms. The predicted molar refractivity (Wildman–Crippen MR) is 103 cm³/mol. The van der Waals surface area contributed by atoms with Crippen LogP contribution < -0.4 is 5.32 Å². The van der Waals surface area contributed by atoms with Crippen molar-refractivity contribution in [3.05, 3.63) is 65.5 Å². The van der Waals surface area contributed by atoms with E-state index in [1.165, 1.54) is 11.1 Å². The summed E-state index contributed by atoms with van der Waals surface area (Å²) < 4.78 is 0. The molecule has 3 rings (SSSR count). The Kier molecular flexibility index (Phi) is 5.17. The van der Waals surface area contributed by atoms with E-state index < -0.39 is 0 Å². The molecule has 0 bridgehead atoms. The number of nitrogens with zero attached hydrogens (tertiary/aromatic N) is 2. The van der Waals surface area contributed by atoms with Crippen LogP contribution in [0.15, 0.2) is 48.7 Å². The maximum absolute atomic E-state index is 12.4. The van der Waals surface area contributed by atoms with Crippen LogP contribution in [0.1, 0.15) is 43.0 Å². The molecule has 4 heteroatoms. The lowest BCUT2D eigenvalue weighted by Crippen LogP contribution is -2.37. The number of aromatic nitrogens is 1. The lowest BCUT2D eigenvalue weighted by atomic mass is 10.0. The smallest absolute Gasteiger partial charge is 0.320 e. The van der Waals surface area contributed by atoms with Crippen LogP contribution in [0.4, 0.5) is 10.5 Å². The number of benzene rings is 1. The highest BCUT2D eigenvalue weighted by molar-refractivity contribution is 5.90. The van der Waals surface area contributed by atoms with Gasteiger partial charge in [0.2, 0.25) is 0 Å². The predicted octanol–water partition coefficient (Wildman–Crippen LogP) is 4.83. The Bertz CT molecular complexity index is 761. The summed E-state index contributed by atoms with van der Waals surface area (Å²) >= 11 is 0. The van der Waals surface area contributed by atoms with Gasteiger partial charge in [-0.25, -0.2) is 4.79 Å². The first-order valence-corrected chi connectivity index (χ1v) is 8.81. The number of anilines is 1. The standard InChI is InChI=1S/C21H25N3O/c1-15(2)17-5-7-19(8-6-17)23-21(25)24-12-10-18(11-13-24)20-9-4-16(3)14-22-20/h4-10,14-15H,11-13H2,1-3H3,(H,23,25). The zero-order valence-electron chi connectivity index (χ0n) is 15.1. The SMILES string of the molecule is Cc1ccc(C2=CCN(C(=O)Nc3ccc(C(C)C)cc3)CC2)nc1. The molecule has 2 amide bonds. The topological polar surface area (TPSA) is 45.2 Å². The van der Waals surface area contributed by atoms with Crippen molar-refractivity contribution in [1.29, 1.82) is 0 Å². The number of nitrogens with one attached hydrogen (secondary N) is 1. The van der Waals surface area contributed by atoms with E-state index in [9.17, 15) is 4.79 Å². The molecule has 0 fully saturated rings. The second kappa shape index (κ2) is 7.51. The molecular weight excluding hydrogens is 310 g/mol. The number of carbonyl (C=O) groups is 1. The average Bonchev–Trinajstić information content (AvgIpc) is 2.63. The molecule has 0 spiro atoms. The minimum Gasteiger partial charge on any atom is -0.320 e. The molecule has 130 valence electrons. The Morgan fingerprint density at radius 3 is 2.48 bits per heavy atom. The fourth-order valence-corrected chi connectivity index (χ4v) is 2.90. The van der Waals surface area contributed by atoms with Crippen molar-refractivity contribution in [2.75, 3.05) is 18.4 Å². The molecule has 0 aliphatic carbocycles. The van der Waals surface area contributed by atoms with Crippen LogP contribution in [0.25, 0.3) is 5.57 Å². The molecule has 1 aliphatic rings. The van der Waals surface area contributed by atoms with Crippen molar-refractivity contribution >= 4 is 17.3 Å². The summed E-state index contributed by atoms with van der Waals surface area (Å²) in [6, 6.07) is 12.1. The molecule has 0 radical (unpaired) electrons. The normalized spacial score (nSPS) is 14.4. The van der Waals surface area contributed by atoms with Crippen molar-refractivity contribution in [3.63, 3.8) is 0 Å². The van der Waals surface area contributed by atoms with Gasteiger partial charge in [-0.2, -0.15) is 0 Å². The number of pyridine rings is 1. The number of amides is 2. The van der Waals surface area contributed by atoms with Crippen molar-refractivity contribution in [2.45, 2.75) is 33.1 Å². The van der Waals surface area contributed by atoms with Gasteiger partial charge in [0.05, 0.1) is 5.69 Å². The second-order valence-electron chi connectivity index (χ2n) is 6.85. The minimum absolute atomic E-state index is 0.0514. The number of carbonyl (C=O) groups excluding carboxylic acids is 1. The average molecular weight is 335 g/mol. The van der Waals surface area contributed by atoms with E-state index >= 15 is 0 Å². The molecule has 2 heterocycles. The molecule has 0 saturated carbocycles. The van der Waals surface area contributed by atoms with Gasteiger partial charge in [-0.1, -0.05) is 38.1 Å². The third-order valence-corrected chi connectivity index (χ3v) is 4.57. The summed E-state index contributed by atoms with van der Waals surface area (Å²) in [6.45, 7) is 7.67. The maximum Gasteiger partial charge on any atom is 0.322 e. The molecule has 4 nitrogen and oxygen atoms in total. The third-order valence-electron chi connectivity index (χ3n) is 4.57. The number of hydrogen-bond acceptors (Lipinski definition) is 2. The highest BCUT2D eigenvalue weighted by Gasteiger charge is 2.18. The van der Waals surface area contributed by atoms with E-state index in [0.29, 0.717) is 19.0 Å². The highest BCUT2D eigenvalue weighted by atomic mass is 16.2.